The Labute approximate surface area is 385 Å². The molecule has 3 aromatic heterocycles. The summed E-state index contributed by atoms with van der Waals surface area (Å²) in [6.07, 6.45) is 0. The van der Waals surface area contributed by atoms with Crippen LogP contribution in [0.1, 0.15) is 83.2 Å². The van der Waals surface area contributed by atoms with E-state index in [2.05, 4.69) is 206 Å². The average Bonchev–Trinajstić information content (AvgIpc) is 3.99. The lowest BCUT2D eigenvalue weighted by molar-refractivity contribution is 0.590. The number of fused-ring (bicyclic) bond motifs is 14. The predicted octanol–water partition coefficient (Wildman–Crippen LogP) is 15.4. The second kappa shape index (κ2) is 13.0. The fourth-order valence-corrected chi connectivity index (χ4v) is 12.7. The summed E-state index contributed by atoms with van der Waals surface area (Å²) in [5.74, 6) is 0. The molecule has 0 saturated heterocycles. The highest BCUT2D eigenvalue weighted by Gasteiger charge is 2.38. The van der Waals surface area contributed by atoms with Gasteiger partial charge in [0.1, 0.15) is 11.2 Å². The van der Waals surface area contributed by atoms with E-state index < -0.39 is 0 Å². The van der Waals surface area contributed by atoms with Gasteiger partial charge in [0.05, 0.1) is 5.52 Å². The number of anilines is 2. The molecular weight excluding hydrogens is 808 g/mol. The molecule has 65 heavy (non-hydrogen) atoms. The van der Waals surface area contributed by atoms with Crippen LogP contribution in [0.5, 0.6) is 0 Å². The van der Waals surface area contributed by atoms with E-state index in [0.29, 0.717) is 0 Å². The Bertz CT molecular complexity index is 3880. The van der Waals surface area contributed by atoms with Crippen molar-refractivity contribution in [1.29, 1.82) is 0 Å². The van der Waals surface area contributed by atoms with E-state index in [0.717, 1.165) is 40.6 Å². The van der Waals surface area contributed by atoms with Crippen molar-refractivity contribution < 1.29 is 4.42 Å². The average molecular weight is 859 g/mol. The molecule has 316 valence electrons. The van der Waals surface area contributed by atoms with Gasteiger partial charge in [-0.25, -0.2) is 0 Å². The smallest absolute Gasteiger partial charge is 0.198 e. The van der Waals surface area contributed by atoms with E-state index in [1.165, 1.54) is 109 Å². The van der Waals surface area contributed by atoms with Gasteiger partial charge >= 0.3 is 0 Å². The van der Waals surface area contributed by atoms with Gasteiger partial charge in [-0.2, -0.15) is 0 Å². The van der Waals surface area contributed by atoms with Gasteiger partial charge in [0.25, 0.3) is 0 Å². The highest BCUT2D eigenvalue weighted by molar-refractivity contribution is 7.25. The first-order valence-corrected chi connectivity index (χ1v) is 24.0. The predicted molar refractivity (Wildman–Crippen MR) is 282 cm³/mol. The highest BCUT2D eigenvalue weighted by Crippen LogP contribution is 2.51. The van der Waals surface area contributed by atoms with Crippen LogP contribution in [0.3, 0.4) is 0 Å². The summed E-state index contributed by atoms with van der Waals surface area (Å²) in [4.78, 5) is 0. The molecule has 0 bridgehead atoms. The van der Waals surface area contributed by atoms with Gasteiger partial charge in [-0.3, -0.25) is 0 Å². The van der Waals surface area contributed by atoms with E-state index in [9.17, 15) is 0 Å². The lowest BCUT2D eigenvalue weighted by Crippen LogP contribution is -2.38. The van der Waals surface area contributed by atoms with Gasteiger partial charge in [0.15, 0.2) is 7.28 Å². The maximum Gasteiger partial charge on any atom is 0.198 e. The van der Waals surface area contributed by atoms with Gasteiger partial charge in [-0.1, -0.05) is 140 Å². The summed E-state index contributed by atoms with van der Waals surface area (Å²) < 4.78 is 11.9. The van der Waals surface area contributed by atoms with Crippen molar-refractivity contribution in [2.24, 2.45) is 0 Å². The van der Waals surface area contributed by atoms with E-state index in [4.69, 9.17) is 4.42 Å². The number of para-hydroxylation sites is 1. The number of thiophene rings is 1. The van der Waals surface area contributed by atoms with Crippen molar-refractivity contribution in [2.45, 2.75) is 78.6 Å². The third-order valence-corrected chi connectivity index (χ3v) is 16.1. The lowest BCUT2D eigenvalue weighted by Gasteiger charge is -2.27. The number of aromatic nitrogens is 1. The Morgan fingerprint density at radius 1 is 0.585 bits per heavy atom. The topological polar surface area (TPSA) is 30.1 Å². The molecule has 3 nitrogen and oxygen atoms in total. The second-order valence-electron chi connectivity index (χ2n) is 21.5. The zero-order chi connectivity index (χ0) is 44.5. The molecule has 5 heteroatoms. The molecule has 0 saturated carbocycles. The molecule has 8 aromatic carbocycles. The minimum absolute atomic E-state index is 0.0690. The summed E-state index contributed by atoms with van der Waals surface area (Å²) in [6.45, 7) is 20.9. The van der Waals surface area contributed by atoms with E-state index >= 15 is 0 Å². The highest BCUT2D eigenvalue weighted by atomic mass is 32.1. The zero-order valence-corrected chi connectivity index (χ0v) is 39.5. The first-order valence-electron chi connectivity index (χ1n) is 23.2. The number of hydrogen-bond donors (Lipinski definition) is 1. The summed E-state index contributed by atoms with van der Waals surface area (Å²) in [7, 11) is 0.829. The van der Waals surface area contributed by atoms with Crippen LogP contribution < -0.4 is 16.2 Å². The SMILES string of the molecule is Cc1cc(-c2cc3sc4cc(C(C)(C)C)ccc4c3cc2Nc2ccc(C(C)(C)C)cc2)c2c3c1c1cc4c(cc1n3-c1cc3c(cc1B2)C(C)(C)c1ccccc1-3)oc1ccccc14. The monoisotopic (exact) mass is 858 g/mol. The van der Waals surface area contributed by atoms with Crippen molar-refractivity contribution in [1.82, 2.24) is 4.57 Å². The fraction of sp³-hybridized carbons (Fsp3) is 0.200. The molecule has 0 unspecified atom stereocenters. The lowest BCUT2D eigenvalue weighted by atomic mass is 9.58. The Morgan fingerprint density at radius 2 is 1.32 bits per heavy atom. The quantitative estimate of drug-likeness (QED) is 0.179. The molecule has 1 N–H and O–H groups in total. The van der Waals surface area contributed by atoms with Crippen LogP contribution in [0.2, 0.25) is 0 Å². The molecule has 1 aliphatic heterocycles. The molecule has 2 aliphatic rings. The molecular formula is C60H51BN2OS. The Hall–Kier alpha value is -6.56. The van der Waals surface area contributed by atoms with Crippen LogP contribution in [0.4, 0.5) is 11.4 Å². The zero-order valence-electron chi connectivity index (χ0n) is 38.7. The summed E-state index contributed by atoms with van der Waals surface area (Å²) >= 11 is 1.92. The van der Waals surface area contributed by atoms with Crippen molar-refractivity contribution in [3.63, 3.8) is 0 Å². The fourth-order valence-electron chi connectivity index (χ4n) is 11.5. The minimum atomic E-state index is -0.107. The van der Waals surface area contributed by atoms with Crippen LogP contribution in [0.15, 0.2) is 138 Å². The number of rotatable bonds is 3. The van der Waals surface area contributed by atoms with Crippen LogP contribution >= 0.6 is 11.3 Å². The second-order valence-corrected chi connectivity index (χ2v) is 22.6. The third kappa shape index (κ3) is 5.55. The van der Waals surface area contributed by atoms with Gasteiger partial charge in [0.2, 0.25) is 0 Å². The van der Waals surface area contributed by atoms with Crippen LogP contribution in [-0.4, -0.2) is 11.8 Å². The first kappa shape index (κ1) is 38.9. The molecule has 0 fully saturated rings. The summed E-state index contributed by atoms with van der Waals surface area (Å²) in [6, 6.07) is 50.9. The van der Waals surface area contributed by atoms with Gasteiger partial charge in [-0.15, -0.1) is 11.3 Å². The molecule has 0 spiro atoms. The standard InChI is InChI=1S/C60H51BN2OS/c1-32-24-43(40-29-54-42(38-23-20-34(59(5,6)7)25-53(38)65-54)27-48(40)62-35-21-18-33(19-22-35)58(2,3)4)56-57-55(32)44-26-41-37-15-11-13-17-51(37)64-52(41)31-49(44)63(57)50-28-39-36-14-10-12-16-45(36)60(8,9)46(39)30-47(50)61-56/h10-31,61-62H,1-9H3. The molecule has 11 aromatic rings. The number of nitrogens with zero attached hydrogens (tertiary/aromatic N) is 1. The Balaban J connectivity index is 1.11. The Morgan fingerprint density at radius 3 is 2.12 bits per heavy atom. The van der Waals surface area contributed by atoms with Crippen molar-refractivity contribution in [3.8, 4) is 27.9 Å². The number of benzene rings is 8. The number of furan rings is 1. The molecule has 0 amide bonds. The van der Waals surface area contributed by atoms with Crippen molar-refractivity contribution in [3.05, 3.63) is 161 Å². The third-order valence-electron chi connectivity index (χ3n) is 15.0. The minimum Gasteiger partial charge on any atom is -0.456 e. The van der Waals surface area contributed by atoms with Crippen molar-refractivity contribution in [2.75, 3.05) is 5.32 Å². The van der Waals surface area contributed by atoms with Gasteiger partial charge in [0, 0.05) is 81.3 Å². The Kier molecular flexibility index (Phi) is 7.80. The van der Waals surface area contributed by atoms with Gasteiger partial charge in [-0.05, 0) is 116 Å². The van der Waals surface area contributed by atoms with E-state index in [-0.39, 0.29) is 16.2 Å². The number of hydrogen-bond acceptors (Lipinski definition) is 3. The molecule has 0 atom stereocenters. The molecule has 4 heterocycles. The van der Waals surface area contributed by atoms with E-state index in [1.807, 2.05) is 11.3 Å². The van der Waals surface area contributed by atoms with Crippen LogP contribution in [0, 0.1) is 6.92 Å². The maximum absolute atomic E-state index is 6.63. The molecule has 1 aliphatic carbocycles. The summed E-state index contributed by atoms with van der Waals surface area (Å²) in [5.41, 5.74) is 22.5. The number of aryl methyl sites for hydroxylation is 1. The van der Waals surface area contributed by atoms with Crippen LogP contribution in [-0.2, 0) is 16.2 Å². The molecule has 13 rings (SSSR count). The van der Waals surface area contributed by atoms with Gasteiger partial charge < -0.3 is 14.3 Å². The first-order chi connectivity index (χ1) is 31.1. The van der Waals surface area contributed by atoms with E-state index in [1.54, 1.807) is 0 Å². The maximum atomic E-state index is 6.63. The normalized spacial score (nSPS) is 14.2. The largest absolute Gasteiger partial charge is 0.456 e. The van der Waals surface area contributed by atoms with Crippen molar-refractivity contribution >= 4 is 105 Å². The number of nitrogens with one attached hydrogen (secondary N) is 1. The summed E-state index contributed by atoms with van der Waals surface area (Å²) in [5, 5.41) is 11.5. The van der Waals surface area contributed by atoms with Crippen LogP contribution in [0.25, 0.3) is 91.9 Å². The molecule has 0 radical (unpaired) electrons.